The highest BCUT2D eigenvalue weighted by Crippen LogP contribution is 2.34. The van der Waals surface area contributed by atoms with Crippen molar-refractivity contribution < 1.29 is 9.53 Å². The summed E-state index contributed by atoms with van der Waals surface area (Å²) in [5, 5.41) is 3.61. The number of nitrogens with one attached hydrogen (secondary N) is 1. The predicted molar refractivity (Wildman–Crippen MR) is 96.0 cm³/mol. The van der Waals surface area contributed by atoms with E-state index in [1.54, 1.807) is 42.5 Å². The van der Waals surface area contributed by atoms with Crippen LogP contribution >= 0.6 is 23.2 Å². The molecule has 3 N–H and O–H groups in total. The average molecular weight is 365 g/mol. The second-order valence-corrected chi connectivity index (χ2v) is 6.67. The van der Waals surface area contributed by atoms with Gasteiger partial charge in [-0.1, -0.05) is 41.4 Å². The molecule has 3 rings (SSSR count). The van der Waals surface area contributed by atoms with E-state index in [1.165, 1.54) is 0 Å². The van der Waals surface area contributed by atoms with E-state index in [0.29, 0.717) is 34.0 Å². The molecule has 0 radical (unpaired) electrons. The van der Waals surface area contributed by atoms with E-state index in [2.05, 4.69) is 5.32 Å². The van der Waals surface area contributed by atoms with Crippen molar-refractivity contribution in [2.75, 3.05) is 6.54 Å². The van der Waals surface area contributed by atoms with Crippen LogP contribution in [0.5, 0.6) is 11.5 Å². The van der Waals surface area contributed by atoms with Gasteiger partial charge in [0.05, 0.1) is 10.0 Å². The second kappa shape index (κ2) is 7.43. The molecule has 24 heavy (non-hydrogen) atoms. The van der Waals surface area contributed by atoms with Gasteiger partial charge in [-0.2, -0.15) is 0 Å². The molecule has 1 unspecified atom stereocenters. The monoisotopic (exact) mass is 364 g/mol. The molecule has 0 heterocycles. The van der Waals surface area contributed by atoms with Crippen molar-refractivity contribution in [1.82, 2.24) is 5.32 Å². The third kappa shape index (κ3) is 4.01. The lowest BCUT2D eigenvalue weighted by Gasteiger charge is -2.15. The molecule has 1 atom stereocenters. The highest BCUT2D eigenvalue weighted by atomic mass is 35.5. The Bertz CT molecular complexity index is 748. The molecule has 0 aliphatic heterocycles. The van der Waals surface area contributed by atoms with Crippen LogP contribution in [0, 0.1) is 5.92 Å². The number of para-hydroxylation sites is 1. The Kier molecular flexibility index (Phi) is 5.29. The van der Waals surface area contributed by atoms with E-state index < -0.39 is 0 Å². The van der Waals surface area contributed by atoms with Crippen LogP contribution < -0.4 is 15.8 Å². The van der Waals surface area contributed by atoms with Gasteiger partial charge in [0, 0.05) is 12.6 Å². The van der Waals surface area contributed by atoms with Gasteiger partial charge in [0.15, 0.2) is 0 Å². The van der Waals surface area contributed by atoms with Crippen molar-refractivity contribution in [3.8, 4) is 11.5 Å². The SMILES string of the molecule is NC(CNC(=O)c1c(Cl)cccc1Oc1ccccc1Cl)C1CC1. The predicted octanol–water partition coefficient (Wildman–Crippen LogP) is 4.25. The van der Waals surface area contributed by atoms with Crippen molar-refractivity contribution in [3.63, 3.8) is 0 Å². The topological polar surface area (TPSA) is 64.3 Å². The normalized spacial score (nSPS) is 15.0. The lowest BCUT2D eigenvalue weighted by molar-refractivity contribution is 0.0948. The van der Waals surface area contributed by atoms with E-state index in [0.717, 1.165) is 12.8 Å². The van der Waals surface area contributed by atoms with E-state index in [-0.39, 0.29) is 17.5 Å². The van der Waals surface area contributed by atoms with Crippen LogP contribution in [0.1, 0.15) is 23.2 Å². The number of halogens is 2. The van der Waals surface area contributed by atoms with Crippen molar-refractivity contribution in [3.05, 3.63) is 58.1 Å². The molecule has 0 saturated heterocycles. The Labute approximate surface area is 150 Å². The molecule has 126 valence electrons. The molecule has 0 aromatic heterocycles. The zero-order chi connectivity index (χ0) is 17.1. The van der Waals surface area contributed by atoms with Gasteiger partial charge in [-0.25, -0.2) is 0 Å². The van der Waals surface area contributed by atoms with Crippen molar-refractivity contribution >= 4 is 29.1 Å². The number of benzene rings is 2. The molecule has 1 aliphatic rings. The Balaban J connectivity index is 1.79. The molecule has 0 bridgehead atoms. The number of carbonyl (C=O) groups is 1. The van der Waals surface area contributed by atoms with E-state index >= 15 is 0 Å². The Hall–Kier alpha value is -1.75. The summed E-state index contributed by atoms with van der Waals surface area (Å²) in [6.45, 7) is 0.417. The number of nitrogens with two attached hydrogens (primary N) is 1. The summed E-state index contributed by atoms with van der Waals surface area (Å²) >= 11 is 12.3. The zero-order valence-corrected chi connectivity index (χ0v) is 14.5. The molecule has 4 nitrogen and oxygen atoms in total. The van der Waals surface area contributed by atoms with E-state index in [4.69, 9.17) is 33.7 Å². The lowest BCUT2D eigenvalue weighted by atomic mass is 10.1. The Morgan fingerprint density at radius 2 is 1.79 bits per heavy atom. The maximum absolute atomic E-state index is 12.5. The van der Waals surface area contributed by atoms with Crippen LogP contribution in [-0.2, 0) is 0 Å². The molecule has 2 aromatic rings. The van der Waals surface area contributed by atoms with Crippen molar-refractivity contribution in [2.45, 2.75) is 18.9 Å². The van der Waals surface area contributed by atoms with Gasteiger partial charge < -0.3 is 15.8 Å². The summed E-state index contributed by atoms with van der Waals surface area (Å²) < 4.78 is 5.80. The second-order valence-electron chi connectivity index (χ2n) is 5.86. The van der Waals surface area contributed by atoms with Crippen LogP contribution in [0.15, 0.2) is 42.5 Å². The fourth-order valence-electron chi connectivity index (χ4n) is 2.45. The van der Waals surface area contributed by atoms with Gasteiger partial charge in [-0.15, -0.1) is 0 Å². The molecular weight excluding hydrogens is 347 g/mol. The lowest BCUT2D eigenvalue weighted by Crippen LogP contribution is -2.38. The first-order valence-corrected chi connectivity index (χ1v) is 8.56. The maximum atomic E-state index is 12.5. The van der Waals surface area contributed by atoms with Crippen LogP contribution in [0.25, 0.3) is 0 Å². The fourth-order valence-corrected chi connectivity index (χ4v) is 2.87. The number of rotatable bonds is 6. The van der Waals surface area contributed by atoms with Crippen LogP contribution in [0.4, 0.5) is 0 Å². The minimum Gasteiger partial charge on any atom is -0.455 e. The highest BCUT2D eigenvalue weighted by molar-refractivity contribution is 6.34. The van der Waals surface area contributed by atoms with Gasteiger partial charge in [0.25, 0.3) is 5.91 Å². The van der Waals surface area contributed by atoms with Gasteiger partial charge >= 0.3 is 0 Å². The molecule has 2 aromatic carbocycles. The third-order valence-corrected chi connectivity index (χ3v) is 4.61. The van der Waals surface area contributed by atoms with Gasteiger partial charge in [0.1, 0.15) is 17.1 Å². The number of hydrogen-bond donors (Lipinski definition) is 2. The summed E-state index contributed by atoms with van der Waals surface area (Å²) in [7, 11) is 0. The smallest absolute Gasteiger partial charge is 0.256 e. The molecule has 1 aliphatic carbocycles. The maximum Gasteiger partial charge on any atom is 0.256 e. The number of carbonyl (C=O) groups excluding carboxylic acids is 1. The summed E-state index contributed by atoms with van der Waals surface area (Å²) in [5.74, 6) is 1.02. The number of hydrogen-bond acceptors (Lipinski definition) is 3. The molecule has 6 heteroatoms. The Morgan fingerprint density at radius 1 is 1.12 bits per heavy atom. The van der Waals surface area contributed by atoms with Gasteiger partial charge in [-0.05, 0) is 43.0 Å². The number of amides is 1. The largest absolute Gasteiger partial charge is 0.455 e. The first kappa shape index (κ1) is 17.1. The summed E-state index contributed by atoms with van der Waals surface area (Å²) in [6.07, 6.45) is 2.26. The van der Waals surface area contributed by atoms with Gasteiger partial charge in [0.2, 0.25) is 0 Å². The van der Waals surface area contributed by atoms with Crippen LogP contribution in [0.3, 0.4) is 0 Å². The summed E-state index contributed by atoms with van der Waals surface area (Å²) in [6, 6.07) is 12.1. The van der Waals surface area contributed by atoms with E-state index in [1.807, 2.05) is 0 Å². The average Bonchev–Trinajstić information content (AvgIpc) is 3.39. The third-order valence-electron chi connectivity index (χ3n) is 3.98. The minimum absolute atomic E-state index is 0.0237. The quantitative estimate of drug-likeness (QED) is 0.804. The standard InChI is InChI=1S/C18H18Cl2N2O2/c19-12-4-1-2-6-15(12)24-16-7-3-5-13(20)17(16)18(23)22-10-14(21)11-8-9-11/h1-7,11,14H,8-10,21H2,(H,22,23). The molecule has 1 amide bonds. The number of ether oxygens (including phenoxy) is 1. The van der Waals surface area contributed by atoms with Crippen LogP contribution in [0.2, 0.25) is 10.0 Å². The summed E-state index contributed by atoms with van der Waals surface area (Å²) in [5.41, 5.74) is 6.31. The first-order chi connectivity index (χ1) is 11.6. The summed E-state index contributed by atoms with van der Waals surface area (Å²) in [4.78, 5) is 12.5. The fraction of sp³-hybridized carbons (Fsp3) is 0.278. The highest BCUT2D eigenvalue weighted by Gasteiger charge is 2.29. The first-order valence-electron chi connectivity index (χ1n) is 7.81. The van der Waals surface area contributed by atoms with Crippen molar-refractivity contribution in [1.29, 1.82) is 0 Å². The Morgan fingerprint density at radius 3 is 2.50 bits per heavy atom. The van der Waals surface area contributed by atoms with E-state index in [9.17, 15) is 4.79 Å². The molecule has 1 saturated carbocycles. The zero-order valence-electron chi connectivity index (χ0n) is 13.0. The molecule has 0 spiro atoms. The van der Waals surface area contributed by atoms with Gasteiger partial charge in [-0.3, -0.25) is 4.79 Å². The molecular formula is C18H18Cl2N2O2. The van der Waals surface area contributed by atoms with Crippen molar-refractivity contribution in [2.24, 2.45) is 11.7 Å². The molecule has 1 fully saturated rings. The van der Waals surface area contributed by atoms with Crippen LogP contribution in [-0.4, -0.2) is 18.5 Å². The minimum atomic E-state index is -0.307.